The summed E-state index contributed by atoms with van der Waals surface area (Å²) in [6.07, 6.45) is 2.29. The zero-order valence-electron chi connectivity index (χ0n) is 12.2. The summed E-state index contributed by atoms with van der Waals surface area (Å²) < 4.78 is 1.78. The second-order valence-corrected chi connectivity index (χ2v) is 7.34. The summed E-state index contributed by atoms with van der Waals surface area (Å²) in [6.45, 7) is 5.03. The van der Waals surface area contributed by atoms with Crippen molar-refractivity contribution in [3.63, 3.8) is 0 Å². The smallest absolute Gasteiger partial charge is 0.238 e. The van der Waals surface area contributed by atoms with E-state index >= 15 is 0 Å². The largest absolute Gasteiger partial charge is 0.330 e. The van der Waals surface area contributed by atoms with Crippen LogP contribution < -0.4 is 11.1 Å². The first-order valence-corrected chi connectivity index (χ1v) is 8.76. The van der Waals surface area contributed by atoms with Gasteiger partial charge in [-0.3, -0.25) is 9.69 Å². The molecule has 1 aromatic carbocycles. The van der Waals surface area contributed by atoms with Gasteiger partial charge in [0, 0.05) is 15.5 Å². The molecule has 1 fully saturated rings. The van der Waals surface area contributed by atoms with Crippen LogP contribution in [0.15, 0.2) is 21.1 Å². The van der Waals surface area contributed by atoms with E-state index in [9.17, 15) is 4.79 Å². The van der Waals surface area contributed by atoms with E-state index in [2.05, 4.69) is 42.1 Å². The molecule has 3 N–H and O–H groups in total. The quantitative estimate of drug-likeness (QED) is 0.789. The minimum absolute atomic E-state index is 0.0120. The number of aryl methyl sites for hydroxylation is 1. The third kappa shape index (κ3) is 4.77. The molecule has 6 heteroatoms. The molecule has 1 unspecified atom stereocenters. The average molecular weight is 419 g/mol. The first kappa shape index (κ1) is 16.9. The van der Waals surface area contributed by atoms with Crippen LogP contribution in [0.3, 0.4) is 0 Å². The van der Waals surface area contributed by atoms with E-state index in [1.54, 1.807) is 0 Å². The Bertz CT molecular complexity index is 499. The van der Waals surface area contributed by atoms with E-state index in [-0.39, 0.29) is 5.91 Å². The highest BCUT2D eigenvalue weighted by molar-refractivity contribution is 9.11. The van der Waals surface area contributed by atoms with Gasteiger partial charge < -0.3 is 11.1 Å². The predicted octanol–water partition coefficient (Wildman–Crippen LogP) is 3.13. The lowest BCUT2D eigenvalue weighted by Crippen LogP contribution is -2.42. The van der Waals surface area contributed by atoms with Crippen molar-refractivity contribution in [3.05, 3.63) is 26.6 Å². The van der Waals surface area contributed by atoms with Crippen molar-refractivity contribution in [2.75, 3.05) is 31.5 Å². The molecule has 21 heavy (non-hydrogen) atoms. The molecule has 0 spiro atoms. The van der Waals surface area contributed by atoms with Crippen molar-refractivity contribution in [3.8, 4) is 0 Å². The number of nitrogens with one attached hydrogen (secondary N) is 1. The topological polar surface area (TPSA) is 58.4 Å². The SMILES string of the molecule is Cc1cc(Br)c(NC(=O)CN2CCCC(CN)C2)c(Br)c1. The zero-order valence-corrected chi connectivity index (χ0v) is 15.3. The predicted molar refractivity (Wildman–Crippen MR) is 93.4 cm³/mol. The van der Waals surface area contributed by atoms with Gasteiger partial charge in [0.2, 0.25) is 5.91 Å². The molecule has 0 aliphatic carbocycles. The maximum Gasteiger partial charge on any atom is 0.238 e. The minimum atomic E-state index is 0.0120. The number of nitrogens with zero attached hydrogens (tertiary/aromatic N) is 1. The Kier molecular flexibility index (Phi) is 6.22. The summed E-state index contributed by atoms with van der Waals surface area (Å²) in [5.41, 5.74) is 7.66. The van der Waals surface area contributed by atoms with Crippen LogP contribution in [-0.2, 0) is 4.79 Å². The maximum absolute atomic E-state index is 12.2. The lowest BCUT2D eigenvalue weighted by Gasteiger charge is -2.31. The van der Waals surface area contributed by atoms with Crippen LogP contribution in [0.25, 0.3) is 0 Å². The Morgan fingerprint density at radius 1 is 1.43 bits per heavy atom. The molecule has 1 atom stereocenters. The van der Waals surface area contributed by atoms with Gasteiger partial charge in [-0.2, -0.15) is 0 Å². The molecule has 1 saturated heterocycles. The maximum atomic E-state index is 12.2. The molecular formula is C15H21Br2N3O. The normalized spacial score (nSPS) is 19.5. The minimum Gasteiger partial charge on any atom is -0.330 e. The fraction of sp³-hybridized carbons (Fsp3) is 0.533. The van der Waals surface area contributed by atoms with E-state index in [4.69, 9.17) is 5.73 Å². The molecule has 0 aromatic heterocycles. The van der Waals surface area contributed by atoms with Gasteiger partial charge in [-0.25, -0.2) is 0 Å². The molecule has 0 radical (unpaired) electrons. The van der Waals surface area contributed by atoms with Gasteiger partial charge in [-0.15, -0.1) is 0 Å². The number of hydrogen-bond donors (Lipinski definition) is 2. The third-order valence-corrected chi connectivity index (χ3v) is 5.01. The van der Waals surface area contributed by atoms with Crippen LogP contribution in [0.5, 0.6) is 0 Å². The van der Waals surface area contributed by atoms with Crippen molar-refractivity contribution in [1.82, 2.24) is 4.90 Å². The summed E-state index contributed by atoms with van der Waals surface area (Å²) in [5.74, 6) is 0.530. The summed E-state index contributed by atoms with van der Waals surface area (Å²) in [6, 6.07) is 3.98. The van der Waals surface area contributed by atoms with Crippen molar-refractivity contribution in [1.29, 1.82) is 0 Å². The molecule has 1 heterocycles. The number of anilines is 1. The molecule has 1 aromatic rings. The van der Waals surface area contributed by atoms with Crippen LogP contribution >= 0.6 is 31.9 Å². The fourth-order valence-corrected chi connectivity index (χ4v) is 4.30. The fourth-order valence-electron chi connectivity index (χ4n) is 2.69. The molecule has 0 bridgehead atoms. The van der Waals surface area contributed by atoms with Gasteiger partial charge in [0.15, 0.2) is 0 Å². The highest BCUT2D eigenvalue weighted by Crippen LogP contribution is 2.32. The summed E-state index contributed by atoms with van der Waals surface area (Å²) in [7, 11) is 0. The molecule has 4 nitrogen and oxygen atoms in total. The summed E-state index contributed by atoms with van der Waals surface area (Å²) in [4.78, 5) is 14.4. The third-order valence-electron chi connectivity index (χ3n) is 3.75. The number of benzene rings is 1. The average Bonchev–Trinajstić information content (AvgIpc) is 2.43. The molecule has 0 saturated carbocycles. The van der Waals surface area contributed by atoms with Gasteiger partial charge in [-0.05, 0) is 88.3 Å². The van der Waals surface area contributed by atoms with E-state index < -0.39 is 0 Å². The van der Waals surface area contributed by atoms with Crippen LogP contribution in [0.4, 0.5) is 5.69 Å². The summed E-state index contributed by atoms with van der Waals surface area (Å²) >= 11 is 7.00. The van der Waals surface area contributed by atoms with Crippen LogP contribution in [-0.4, -0.2) is 37.0 Å². The first-order valence-electron chi connectivity index (χ1n) is 7.17. The van der Waals surface area contributed by atoms with E-state index in [0.717, 1.165) is 39.7 Å². The Labute approximate surface area is 142 Å². The zero-order chi connectivity index (χ0) is 15.4. The molecular weight excluding hydrogens is 398 g/mol. The Morgan fingerprint density at radius 3 is 2.71 bits per heavy atom. The van der Waals surface area contributed by atoms with Gasteiger partial charge in [0.1, 0.15) is 0 Å². The lowest BCUT2D eigenvalue weighted by atomic mass is 9.98. The number of carbonyl (C=O) groups is 1. The van der Waals surface area contributed by atoms with Gasteiger partial charge >= 0.3 is 0 Å². The monoisotopic (exact) mass is 417 g/mol. The van der Waals surface area contributed by atoms with E-state index in [1.807, 2.05) is 19.1 Å². The standard InChI is InChI=1S/C15H21Br2N3O/c1-10-5-12(16)15(13(17)6-10)19-14(21)9-20-4-2-3-11(7-18)8-20/h5-6,11H,2-4,7-9,18H2,1H3,(H,19,21). The number of amides is 1. The molecule has 116 valence electrons. The van der Waals surface area contributed by atoms with Crippen molar-refractivity contribution in [2.45, 2.75) is 19.8 Å². The molecule has 1 aliphatic heterocycles. The molecule has 2 rings (SSSR count). The number of carbonyl (C=O) groups excluding carboxylic acids is 1. The number of halogens is 2. The van der Waals surface area contributed by atoms with E-state index in [0.29, 0.717) is 19.0 Å². The van der Waals surface area contributed by atoms with Crippen LogP contribution in [0.1, 0.15) is 18.4 Å². The van der Waals surface area contributed by atoms with Crippen LogP contribution in [0.2, 0.25) is 0 Å². The number of piperidine rings is 1. The number of likely N-dealkylation sites (tertiary alicyclic amines) is 1. The Morgan fingerprint density at radius 2 is 2.10 bits per heavy atom. The van der Waals surface area contributed by atoms with Gasteiger partial charge in [0.25, 0.3) is 0 Å². The second kappa shape index (κ2) is 7.72. The van der Waals surface area contributed by atoms with Crippen LogP contribution in [0, 0.1) is 12.8 Å². The lowest BCUT2D eigenvalue weighted by molar-refractivity contribution is -0.117. The highest BCUT2D eigenvalue weighted by Gasteiger charge is 2.21. The van der Waals surface area contributed by atoms with Crippen molar-refractivity contribution >= 4 is 43.5 Å². The van der Waals surface area contributed by atoms with Gasteiger partial charge in [0.05, 0.1) is 12.2 Å². The van der Waals surface area contributed by atoms with E-state index in [1.165, 1.54) is 6.42 Å². The van der Waals surface area contributed by atoms with Crippen molar-refractivity contribution in [2.24, 2.45) is 11.7 Å². The van der Waals surface area contributed by atoms with Gasteiger partial charge in [-0.1, -0.05) is 0 Å². The molecule has 1 aliphatic rings. The number of rotatable bonds is 4. The summed E-state index contributed by atoms with van der Waals surface area (Å²) in [5, 5.41) is 2.98. The Hall–Kier alpha value is -0.430. The highest BCUT2D eigenvalue weighted by atomic mass is 79.9. The van der Waals surface area contributed by atoms with Crippen molar-refractivity contribution < 1.29 is 4.79 Å². The first-order chi connectivity index (χ1) is 9.99. The number of nitrogens with two attached hydrogens (primary N) is 1. The molecule has 1 amide bonds. The Balaban J connectivity index is 1.96. The second-order valence-electron chi connectivity index (χ2n) is 5.63. The number of hydrogen-bond acceptors (Lipinski definition) is 3.